The molecule has 24 heavy (non-hydrogen) atoms. The number of amides is 2. The Labute approximate surface area is 148 Å². The maximum atomic E-state index is 12.7. The summed E-state index contributed by atoms with van der Waals surface area (Å²) >= 11 is 6.84. The number of thiophene rings is 1. The monoisotopic (exact) mass is 365 g/mol. The van der Waals surface area contributed by atoms with Gasteiger partial charge in [-0.05, 0) is 37.5 Å². The van der Waals surface area contributed by atoms with Gasteiger partial charge in [-0.3, -0.25) is 19.3 Å². The van der Waals surface area contributed by atoms with Gasteiger partial charge >= 0.3 is 0 Å². The van der Waals surface area contributed by atoms with Gasteiger partial charge in [-0.15, -0.1) is 11.3 Å². The molecule has 7 nitrogen and oxygen atoms in total. The minimum Gasteiger partial charge on any atom is -0.356 e. The van der Waals surface area contributed by atoms with Crippen LogP contribution in [0.3, 0.4) is 0 Å². The van der Waals surface area contributed by atoms with Crippen molar-refractivity contribution >= 4 is 35.4 Å². The summed E-state index contributed by atoms with van der Waals surface area (Å²) in [5.41, 5.74) is 0. The largest absolute Gasteiger partial charge is 0.356 e. The lowest BCUT2D eigenvalue weighted by molar-refractivity contribution is -0.145. The van der Waals surface area contributed by atoms with Crippen LogP contribution in [-0.2, 0) is 9.59 Å². The van der Waals surface area contributed by atoms with Crippen LogP contribution in [0.2, 0.25) is 0 Å². The van der Waals surface area contributed by atoms with Crippen LogP contribution in [0.15, 0.2) is 17.5 Å². The first-order chi connectivity index (χ1) is 11.5. The van der Waals surface area contributed by atoms with E-state index in [0.717, 1.165) is 4.88 Å². The smallest absolute Gasteiger partial charge is 0.245 e. The summed E-state index contributed by atoms with van der Waals surface area (Å²) in [6.45, 7) is 5.20. The third-order valence-electron chi connectivity index (χ3n) is 4.11. The average Bonchev–Trinajstić information content (AvgIpc) is 3.14. The van der Waals surface area contributed by atoms with E-state index in [9.17, 15) is 9.59 Å². The molecule has 1 saturated heterocycles. The van der Waals surface area contributed by atoms with Crippen molar-refractivity contribution in [3.05, 3.63) is 22.3 Å². The Balaban J connectivity index is 1.73. The number of aromatic amines is 1. The van der Waals surface area contributed by atoms with E-state index in [-0.39, 0.29) is 17.7 Å². The number of nitrogens with one attached hydrogen (secondary N) is 2. The second-order valence-corrected chi connectivity index (χ2v) is 7.04. The van der Waals surface area contributed by atoms with Gasteiger partial charge in [-0.2, -0.15) is 5.10 Å². The molecule has 0 radical (unpaired) electrons. The second-order valence-electron chi connectivity index (χ2n) is 5.71. The van der Waals surface area contributed by atoms with Gasteiger partial charge in [0.05, 0.1) is 10.8 Å². The maximum absolute atomic E-state index is 12.7. The molecule has 1 aliphatic rings. The topological polar surface area (TPSA) is 83.0 Å². The first-order valence-corrected chi connectivity index (χ1v) is 9.09. The lowest BCUT2D eigenvalue weighted by atomic mass is 9.98. The van der Waals surface area contributed by atoms with Gasteiger partial charge in [0, 0.05) is 19.6 Å². The highest BCUT2D eigenvalue weighted by Gasteiger charge is 2.38. The summed E-state index contributed by atoms with van der Waals surface area (Å²) in [6.07, 6.45) is 0. The van der Waals surface area contributed by atoms with Crippen molar-refractivity contribution in [2.45, 2.75) is 19.9 Å². The second kappa shape index (κ2) is 6.86. The van der Waals surface area contributed by atoms with E-state index in [1.807, 2.05) is 31.4 Å². The van der Waals surface area contributed by atoms with Crippen LogP contribution in [0, 0.1) is 10.7 Å². The van der Waals surface area contributed by atoms with Crippen LogP contribution in [0.25, 0.3) is 10.7 Å². The molecule has 2 N–H and O–H groups in total. The van der Waals surface area contributed by atoms with E-state index in [4.69, 9.17) is 12.2 Å². The summed E-state index contributed by atoms with van der Waals surface area (Å²) in [7, 11) is 0. The van der Waals surface area contributed by atoms with E-state index in [0.29, 0.717) is 30.2 Å². The number of H-pyrrole nitrogens is 1. The Hall–Kier alpha value is -2.00. The molecular formula is C15H19N5O2S2. The van der Waals surface area contributed by atoms with E-state index in [1.165, 1.54) is 0 Å². The third-order valence-corrected chi connectivity index (χ3v) is 5.26. The number of rotatable bonds is 5. The highest BCUT2D eigenvalue weighted by Crippen LogP contribution is 2.27. The molecule has 1 fully saturated rings. The Morgan fingerprint density at radius 3 is 2.92 bits per heavy atom. The van der Waals surface area contributed by atoms with Crippen molar-refractivity contribution in [3.8, 4) is 10.7 Å². The fourth-order valence-corrected chi connectivity index (χ4v) is 3.76. The SMILES string of the molecule is CCNC(=O)C1CN(C(=O)C(C)n2c(-c3cccs3)n[nH]c2=S)C1. The molecule has 1 atom stereocenters. The van der Waals surface area contributed by atoms with Crippen LogP contribution in [0.1, 0.15) is 19.9 Å². The number of aromatic nitrogens is 3. The molecule has 2 aromatic rings. The van der Waals surface area contributed by atoms with Crippen molar-refractivity contribution in [1.29, 1.82) is 0 Å². The standard InChI is InChI=1S/C15H19N5O2S2/c1-3-16-13(21)10-7-19(8-10)14(22)9(2)20-12(17-18-15(20)23)11-5-4-6-24-11/h4-6,9-10H,3,7-8H2,1-2H3,(H,16,21)(H,18,23). The molecule has 0 saturated carbocycles. The molecule has 1 unspecified atom stereocenters. The molecule has 128 valence electrons. The number of nitrogens with zero attached hydrogens (tertiary/aromatic N) is 3. The van der Waals surface area contributed by atoms with Crippen LogP contribution >= 0.6 is 23.6 Å². The minimum atomic E-state index is -0.469. The summed E-state index contributed by atoms with van der Waals surface area (Å²) in [4.78, 5) is 27.1. The fraction of sp³-hybridized carbons (Fsp3) is 0.467. The number of carbonyl (C=O) groups is 2. The molecule has 0 bridgehead atoms. The van der Waals surface area contributed by atoms with E-state index in [1.54, 1.807) is 20.8 Å². The fourth-order valence-electron chi connectivity index (χ4n) is 2.76. The normalized spacial score (nSPS) is 15.8. The first-order valence-electron chi connectivity index (χ1n) is 7.80. The summed E-state index contributed by atoms with van der Waals surface area (Å²) in [6, 6.07) is 3.41. The molecular weight excluding hydrogens is 346 g/mol. The van der Waals surface area contributed by atoms with Crippen molar-refractivity contribution in [2.24, 2.45) is 5.92 Å². The lowest BCUT2D eigenvalue weighted by Crippen LogP contribution is -2.57. The molecule has 3 heterocycles. The highest BCUT2D eigenvalue weighted by atomic mass is 32.1. The van der Waals surface area contributed by atoms with Gasteiger partial charge in [0.1, 0.15) is 6.04 Å². The van der Waals surface area contributed by atoms with Crippen molar-refractivity contribution in [3.63, 3.8) is 0 Å². The summed E-state index contributed by atoms with van der Waals surface area (Å²) in [5, 5.41) is 11.8. The third kappa shape index (κ3) is 3.01. The Kier molecular flexibility index (Phi) is 4.81. The van der Waals surface area contributed by atoms with Gasteiger partial charge < -0.3 is 10.2 Å². The molecule has 2 aromatic heterocycles. The number of hydrogen-bond acceptors (Lipinski definition) is 5. The number of hydrogen-bond donors (Lipinski definition) is 2. The molecule has 2 amide bonds. The molecule has 9 heteroatoms. The molecule has 0 aliphatic carbocycles. The minimum absolute atomic E-state index is 0.00778. The summed E-state index contributed by atoms with van der Waals surface area (Å²) < 4.78 is 2.16. The van der Waals surface area contributed by atoms with Gasteiger partial charge in [-0.25, -0.2) is 0 Å². The van der Waals surface area contributed by atoms with Gasteiger partial charge in [0.15, 0.2) is 10.6 Å². The van der Waals surface area contributed by atoms with Crippen LogP contribution < -0.4 is 5.32 Å². The zero-order valence-electron chi connectivity index (χ0n) is 13.5. The van der Waals surface area contributed by atoms with Crippen LogP contribution in [0.4, 0.5) is 0 Å². The van der Waals surface area contributed by atoms with E-state index in [2.05, 4.69) is 15.5 Å². The predicted octanol–water partition coefficient (Wildman–Crippen LogP) is 1.82. The van der Waals surface area contributed by atoms with E-state index < -0.39 is 6.04 Å². The Morgan fingerprint density at radius 1 is 1.54 bits per heavy atom. The Bertz CT molecular complexity index is 789. The van der Waals surface area contributed by atoms with Crippen molar-refractivity contribution < 1.29 is 9.59 Å². The number of carbonyl (C=O) groups excluding carboxylic acids is 2. The zero-order valence-corrected chi connectivity index (χ0v) is 15.1. The predicted molar refractivity (Wildman–Crippen MR) is 94.2 cm³/mol. The van der Waals surface area contributed by atoms with Gasteiger partial charge in [0.2, 0.25) is 11.8 Å². The Morgan fingerprint density at radius 2 is 2.29 bits per heavy atom. The molecule has 0 spiro atoms. The maximum Gasteiger partial charge on any atom is 0.245 e. The van der Waals surface area contributed by atoms with Gasteiger partial charge in [-0.1, -0.05) is 6.07 Å². The zero-order chi connectivity index (χ0) is 17.3. The first kappa shape index (κ1) is 16.8. The molecule has 3 rings (SSSR count). The lowest BCUT2D eigenvalue weighted by Gasteiger charge is -2.39. The van der Waals surface area contributed by atoms with Crippen molar-refractivity contribution in [1.82, 2.24) is 25.0 Å². The molecule has 1 aliphatic heterocycles. The van der Waals surface area contributed by atoms with Crippen LogP contribution in [0.5, 0.6) is 0 Å². The molecule has 0 aromatic carbocycles. The number of likely N-dealkylation sites (tertiary alicyclic amines) is 1. The summed E-state index contributed by atoms with van der Waals surface area (Å²) in [5.74, 6) is 0.506. The highest BCUT2D eigenvalue weighted by molar-refractivity contribution is 7.71. The van der Waals surface area contributed by atoms with Gasteiger partial charge in [0.25, 0.3) is 0 Å². The van der Waals surface area contributed by atoms with Crippen molar-refractivity contribution in [2.75, 3.05) is 19.6 Å². The average molecular weight is 365 g/mol. The van der Waals surface area contributed by atoms with E-state index >= 15 is 0 Å². The van der Waals surface area contributed by atoms with Crippen LogP contribution in [-0.4, -0.2) is 51.1 Å². The quantitative estimate of drug-likeness (QED) is 0.792.